The lowest BCUT2D eigenvalue weighted by molar-refractivity contribution is -0.116. The van der Waals surface area contributed by atoms with Crippen LogP contribution < -0.4 is 5.32 Å². The largest absolute Gasteiger partial charge is 0.323 e. The summed E-state index contributed by atoms with van der Waals surface area (Å²) < 4.78 is 0. The Bertz CT molecular complexity index is 450. The number of carbonyl (C=O) groups is 1. The molecule has 5 heteroatoms. The summed E-state index contributed by atoms with van der Waals surface area (Å²) in [6.45, 7) is 3.95. The zero-order chi connectivity index (χ0) is 13.0. The van der Waals surface area contributed by atoms with E-state index in [0.29, 0.717) is 6.42 Å². The van der Waals surface area contributed by atoms with Crippen molar-refractivity contribution in [3.63, 3.8) is 0 Å². The Morgan fingerprint density at radius 1 is 1.61 bits per heavy atom. The SMILES string of the molecule is CCCC(=O)Nc1c[nH]nc1C1=CCCN(C)C1. The smallest absolute Gasteiger partial charge is 0.224 e. The molecule has 0 saturated carbocycles. The third-order valence-corrected chi connectivity index (χ3v) is 3.04. The predicted molar refractivity (Wildman–Crippen MR) is 72.2 cm³/mol. The standard InChI is InChI=1S/C13H20N4O/c1-3-5-12(18)15-11-8-14-16-13(11)10-6-4-7-17(2)9-10/h6,8H,3-5,7,9H2,1-2H3,(H,14,16)(H,15,18). The first-order chi connectivity index (χ1) is 8.70. The van der Waals surface area contributed by atoms with Gasteiger partial charge in [-0.15, -0.1) is 0 Å². The van der Waals surface area contributed by atoms with Gasteiger partial charge in [-0.25, -0.2) is 0 Å². The molecule has 2 heterocycles. The zero-order valence-corrected chi connectivity index (χ0v) is 11.0. The molecule has 1 aliphatic rings. The number of hydrogen-bond donors (Lipinski definition) is 2. The summed E-state index contributed by atoms with van der Waals surface area (Å²) in [7, 11) is 2.09. The lowest BCUT2D eigenvalue weighted by atomic mass is 10.1. The maximum atomic E-state index is 11.6. The molecule has 1 aliphatic heterocycles. The minimum absolute atomic E-state index is 0.0462. The molecule has 0 radical (unpaired) electrons. The number of likely N-dealkylation sites (N-methyl/N-ethyl adjacent to an activating group) is 1. The molecule has 1 amide bonds. The molecule has 0 saturated heterocycles. The number of hydrogen-bond acceptors (Lipinski definition) is 3. The molecular formula is C13H20N4O. The molecule has 0 atom stereocenters. The number of nitrogens with zero attached hydrogens (tertiary/aromatic N) is 2. The van der Waals surface area contributed by atoms with Crippen LogP contribution in [0.5, 0.6) is 0 Å². The summed E-state index contributed by atoms with van der Waals surface area (Å²) in [6.07, 6.45) is 6.37. The van der Waals surface area contributed by atoms with Crippen molar-refractivity contribution in [1.82, 2.24) is 15.1 Å². The molecular weight excluding hydrogens is 228 g/mol. The van der Waals surface area contributed by atoms with E-state index < -0.39 is 0 Å². The topological polar surface area (TPSA) is 61.0 Å². The molecule has 5 nitrogen and oxygen atoms in total. The Morgan fingerprint density at radius 2 is 2.44 bits per heavy atom. The minimum Gasteiger partial charge on any atom is -0.323 e. The summed E-state index contributed by atoms with van der Waals surface area (Å²) in [5.74, 6) is 0.0462. The highest BCUT2D eigenvalue weighted by Gasteiger charge is 2.16. The molecule has 0 spiro atoms. The molecule has 2 rings (SSSR count). The Balaban J connectivity index is 2.12. The van der Waals surface area contributed by atoms with Crippen LogP contribution in [0.25, 0.3) is 5.57 Å². The van der Waals surface area contributed by atoms with E-state index in [4.69, 9.17) is 0 Å². The van der Waals surface area contributed by atoms with Gasteiger partial charge in [0.1, 0.15) is 5.69 Å². The second-order valence-corrected chi connectivity index (χ2v) is 4.70. The summed E-state index contributed by atoms with van der Waals surface area (Å²) >= 11 is 0. The summed E-state index contributed by atoms with van der Waals surface area (Å²) in [5, 5.41) is 10.00. The lowest BCUT2D eigenvalue weighted by Gasteiger charge is -2.22. The predicted octanol–water partition coefficient (Wildman–Crippen LogP) is 1.87. The van der Waals surface area contributed by atoms with E-state index in [2.05, 4.69) is 33.5 Å². The maximum absolute atomic E-state index is 11.6. The van der Waals surface area contributed by atoms with Crippen LogP contribution in [0.1, 0.15) is 31.9 Å². The highest BCUT2D eigenvalue weighted by Crippen LogP contribution is 2.24. The fraction of sp³-hybridized carbons (Fsp3) is 0.538. The highest BCUT2D eigenvalue weighted by atomic mass is 16.1. The molecule has 0 bridgehead atoms. The van der Waals surface area contributed by atoms with Crippen molar-refractivity contribution in [3.05, 3.63) is 18.0 Å². The van der Waals surface area contributed by atoms with Crippen LogP contribution in [-0.4, -0.2) is 41.1 Å². The van der Waals surface area contributed by atoms with E-state index in [9.17, 15) is 4.79 Å². The molecule has 1 aromatic rings. The number of nitrogens with one attached hydrogen (secondary N) is 2. The number of aromatic nitrogens is 2. The van der Waals surface area contributed by atoms with E-state index in [0.717, 1.165) is 37.3 Å². The Labute approximate surface area is 107 Å². The van der Waals surface area contributed by atoms with Crippen molar-refractivity contribution in [2.75, 3.05) is 25.5 Å². The van der Waals surface area contributed by atoms with Gasteiger partial charge >= 0.3 is 0 Å². The lowest BCUT2D eigenvalue weighted by Crippen LogP contribution is -2.25. The summed E-state index contributed by atoms with van der Waals surface area (Å²) in [6, 6.07) is 0. The van der Waals surface area contributed by atoms with Crippen LogP contribution in [0.15, 0.2) is 12.3 Å². The number of amides is 1. The van der Waals surface area contributed by atoms with Gasteiger partial charge in [0.05, 0.1) is 5.69 Å². The summed E-state index contributed by atoms with van der Waals surface area (Å²) in [5.41, 5.74) is 2.83. The molecule has 0 aromatic carbocycles. The van der Waals surface area contributed by atoms with Gasteiger partial charge in [0.15, 0.2) is 0 Å². The van der Waals surface area contributed by atoms with Gasteiger partial charge in [-0.1, -0.05) is 13.0 Å². The van der Waals surface area contributed by atoms with Crippen molar-refractivity contribution in [2.24, 2.45) is 0 Å². The Hall–Kier alpha value is -1.62. The van der Waals surface area contributed by atoms with Crippen LogP contribution in [0.3, 0.4) is 0 Å². The van der Waals surface area contributed by atoms with E-state index >= 15 is 0 Å². The normalized spacial score (nSPS) is 16.4. The van der Waals surface area contributed by atoms with Gasteiger partial charge in [0.25, 0.3) is 0 Å². The number of H-pyrrole nitrogens is 1. The fourth-order valence-corrected chi connectivity index (χ4v) is 2.13. The van der Waals surface area contributed by atoms with E-state index in [1.54, 1.807) is 6.20 Å². The average Bonchev–Trinajstić information content (AvgIpc) is 2.77. The molecule has 98 valence electrons. The molecule has 0 unspecified atom stereocenters. The first-order valence-electron chi connectivity index (χ1n) is 6.42. The first-order valence-corrected chi connectivity index (χ1v) is 6.42. The third kappa shape index (κ3) is 2.98. The summed E-state index contributed by atoms with van der Waals surface area (Å²) in [4.78, 5) is 13.9. The minimum atomic E-state index is 0.0462. The Morgan fingerprint density at radius 3 is 3.17 bits per heavy atom. The molecule has 0 fully saturated rings. The van der Waals surface area contributed by atoms with Crippen LogP contribution in [0.4, 0.5) is 5.69 Å². The van der Waals surface area contributed by atoms with Crippen molar-refractivity contribution in [3.8, 4) is 0 Å². The number of rotatable bonds is 4. The van der Waals surface area contributed by atoms with Crippen LogP contribution in [0.2, 0.25) is 0 Å². The van der Waals surface area contributed by atoms with Crippen molar-refractivity contribution in [1.29, 1.82) is 0 Å². The molecule has 1 aromatic heterocycles. The Kier molecular flexibility index (Phi) is 4.15. The van der Waals surface area contributed by atoms with Crippen molar-refractivity contribution < 1.29 is 4.79 Å². The molecule has 0 aliphatic carbocycles. The monoisotopic (exact) mass is 248 g/mol. The second kappa shape index (κ2) is 5.82. The van der Waals surface area contributed by atoms with Crippen LogP contribution in [0, 0.1) is 0 Å². The third-order valence-electron chi connectivity index (χ3n) is 3.04. The number of aromatic amines is 1. The zero-order valence-electron chi connectivity index (χ0n) is 11.0. The quantitative estimate of drug-likeness (QED) is 0.855. The van der Waals surface area contributed by atoms with Crippen molar-refractivity contribution >= 4 is 17.2 Å². The number of carbonyl (C=O) groups excluding carboxylic acids is 1. The molecule has 18 heavy (non-hydrogen) atoms. The highest BCUT2D eigenvalue weighted by molar-refractivity contribution is 5.93. The van der Waals surface area contributed by atoms with Gasteiger partial charge in [-0.3, -0.25) is 9.89 Å². The molecule has 2 N–H and O–H groups in total. The van der Waals surface area contributed by atoms with Gasteiger partial charge < -0.3 is 10.2 Å². The fourth-order valence-electron chi connectivity index (χ4n) is 2.13. The maximum Gasteiger partial charge on any atom is 0.224 e. The number of anilines is 1. The van der Waals surface area contributed by atoms with Gasteiger partial charge in [-0.2, -0.15) is 5.10 Å². The average molecular weight is 248 g/mol. The van der Waals surface area contributed by atoms with Crippen LogP contribution >= 0.6 is 0 Å². The van der Waals surface area contributed by atoms with Gasteiger partial charge in [0, 0.05) is 25.7 Å². The van der Waals surface area contributed by atoms with Gasteiger partial charge in [-0.05, 0) is 25.5 Å². The first kappa shape index (κ1) is 12.8. The van der Waals surface area contributed by atoms with Crippen LogP contribution in [-0.2, 0) is 4.79 Å². The van der Waals surface area contributed by atoms with Gasteiger partial charge in [0.2, 0.25) is 5.91 Å². The van der Waals surface area contributed by atoms with E-state index in [1.165, 1.54) is 5.57 Å². The second-order valence-electron chi connectivity index (χ2n) is 4.70. The van der Waals surface area contributed by atoms with E-state index in [1.807, 2.05) is 6.92 Å². The van der Waals surface area contributed by atoms with Crippen molar-refractivity contribution in [2.45, 2.75) is 26.2 Å². The van der Waals surface area contributed by atoms with E-state index in [-0.39, 0.29) is 5.91 Å².